The van der Waals surface area contributed by atoms with Crippen LogP contribution in [0.1, 0.15) is 35.7 Å². The van der Waals surface area contributed by atoms with E-state index in [-0.39, 0.29) is 6.04 Å². The summed E-state index contributed by atoms with van der Waals surface area (Å²) < 4.78 is 13.5. The zero-order chi connectivity index (χ0) is 19.3. The summed E-state index contributed by atoms with van der Waals surface area (Å²) in [4.78, 5) is 11.4. The van der Waals surface area contributed by atoms with Crippen molar-refractivity contribution in [3.05, 3.63) is 77.6 Å². The van der Waals surface area contributed by atoms with Crippen molar-refractivity contribution in [1.29, 1.82) is 0 Å². The van der Waals surface area contributed by atoms with Crippen LogP contribution < -0.4 is 4.74 Å². The minimum atomic E-state index is 0.254. The van der Waals surface area contributed by atoms with Crippen molar-refractivity contribution >= 4 is 0 Å². The van der Waals surface area contributed by atoms with Gasteiger partial charge in [0.2, 0.25) is 0 Å². The molecule has 0 fully saturated rings. The van der Waals surface area contributed by atoms with Crippen LogP contribution in [-0.4, -0.2) is 33.1 Å². The molecule has 0 spiro atoms. The second-order valence-corrected chi connectivity index (χ2v) is 7.07. The van der Waals surface area contributed by atoms with Crippen LogP contribution in [0, 0.1) is 0 Å². The van der Waals surface area contributed by atoms with Crippen LogP contribution >= 0.6 is 0 Å². The highest BCUT2D eigenvalue weighted by atomic mass is 16.5. The molecule has 28 heavy (non-hydrogen) atoms. The van der Waals surface area contributed by atoms with Gasteiger partial charge in [-0.05, 0) is 36.8 Å². The zero-order valence-corrected chi connectivity index (χ0v) is 16.4. The number of pyridine rings is 1. The minimum Gasteiger partial charge on any atom is -0.497 e. The third-order valence-electron chi connectivity index (χ3n) is 5.25. The number of benzene rings is 1. The van der Waals surface area contributed by atoms with E-state index in [0.29, 0.717) is 13.2 Å². The first-order chi connectivity index (χ1) is 13.7. The minimum absolute atomic E-state index is 0.254. The zero-order valence-electron chi connectivity index (χ0n) is 16.4. The number of nitrogens with zero attached hydrogens (tertiary/aromatic N) is 4. The molecule has 146 valence electrons. The van der Waals surface area contributed by atoms with Crippen molar-refractivity contribution in [2.24, 2.45) is 0 Å². The van der Waals surface area contributed by atoms with E-state index in [1.807, 2.05) is 36.5 Å². The predicted molar refractivity (Wildman–Crippen MR) is 107 cm³/mol. The molecule has 2 aromatic heterocycles. The molecule has 0 N–H and O–H groups in total. The van der Waals surface area contributed by atoms with Gasteiger partial charge in [-0.2, -0.15) is 0 Å². The van der Waals surface area contributed by atoms with E-state index in [0.717, 1.165) is 42.6 Å². The van der Waals surface area contributed by atoms with Crippen molar-refractivity contribution in [3.8, 4) is 5.75 Å². The first-order valence-corrected chi connectivity index (χ1v) is 9.63. The maximum absolute atomic E-state index is 5.86. The highest BCUT2D eigenvalue weighted by molar-refractivity contribution is 5.28. The summed E-state index contributed by atoms with van der Waals surface area (Å²) in [5.41, 5.74) is 3.32. The number of ether oxygens (including phenoxy) is 2. The number of aromatic nitrogens is 3. The Labute approximate surface area is 165 Å². The first-order valence-electron chi connectivity index (χ1n) is 9.63. The van der Waals surface area contributed by atoms with Crippen LogP contribution in [-0.2, 0) is 31.0 Å². The predicted octanol–water partition coefficient (Wildman–Crippen LogP) is 3.58. The second-order valence-electron chi connectivity index (χ2n) is 7.07. The molecule has 0 saturated carbocycles. The van der Waals surface area contributed by atoms with Crippen LogP contribution in [0.3, 0.4) is 0 Å². The molecular weight excluding hydrogens is 352 g/mol. The van der Waals surface area contributed by atoms with Crippen molar-refractivity contribution in [2.75, 3.05) is 13.7 Å². The molecular formula is C22H26N4O2. The standard InChI is InChI=1S/C22H26N4O2/c1-17-22-24-13-20(16-28-15-19-7-3-4-9-23-19)26(22)11-10-25(17)14-18-6-5-8-21(12-18)27-2/h3-9,12-13,17H,10-11,14-16H2,1-2H3. The maximum atomic E-state index is 5.86. The molecule has 3 aromatic rings. The van der Waals surface area contributed by atoms with Gasteiger partial charge in [-0.25, -0.2) is 4.98 Å². The monoisotopic (exact) mass is 378 g/mol. The van der Waals surface area contributed by atoms with E-state index in [1.54, 1.807) is 13.3 Å². The van der Waals surface area contributed by atoms with Gasteiger partial charge in [0.15, 0.2) is 0 Å². The van der Waals surface area contributed by atoms with Gasteiger partial charge < -0.3 is 14.0 Å². The number of rotatable bonds is 7. The number of imidazole rings is 1. The van der Waals surface area contributed by atoms with Gasteiger partial charge in [0.1, 0.15) is 11.6 Å². The van der Waals surface area contributed by atoms with Crippen LogP contribution in [0.5, 0.6) is 5.75 Å². The Balaban J connectivity index is 1.39. The lowest BCUT2D eigenvalue weighted by Crippen LogP contribution is -2.37. The highest BCUT2D eigenvalue weighted by Gasteiger charge is 2.27. The normalized spacial score (nSPS) is 16.7. The van der Waals surface area contributed by atoms with Gasteiger partial charge in [0, 0.05) is 25.8 Å². The quantitative estimate of drug-likeness (QED) is 0.629. The van der Waals surface area contributed by atoms with E-state index < -0.39 is 0 Å². The Hall–Kier alpha value is -2.70. The molecule has 1 aliphatic heterocycles. The van der Waals surface area contributed by atoms with E-state index in [2.05, 4.69) is 38.5 Å². The molecule has 1 aliphatic rings. The fourth-order valence-electron chi connectivity index (χ4n) is 3.68. The lowest BCUT2D eigenvalue weighted by Gasteiger charge is -2.34. The fraction of sp³-hybridized carbons (Fsp3) is 0.364. The summed E-state index contributed by atoms with van der Waals surface area (Å²) in [7, 11) is 1.71. The summed E-state index contributed by atoms with van der Waals surface area (Å²) in [6, 6.07) is 14.4. The van der Waals surface area contributed by atoms with Crippen LogP contribution in [0.25, 0.3) is 0 Å². The Morgan fingerprint density at radius 3 is 2.82 bits per heavy atom. The fourth-order valence-corrected chi connectivity index (χ4v) is 3.68. The van der Waals surface area contributed by atoms with E-state index >= 15 is 0 Å². The second kappa shape index (κ2) is 8.54. The van der Waals surface area contributed by atoms with E-state index in [4.69, 9.17) is 9.47 Å². The van der Waals surface area contributed by atoms with Gasteiger partial charge >= 0.3 is 0 Å². The molecule has 0 aliphatic carbocycles. The Morgan fingerprint density at radius 1 is 1.07 bits per heavy atom. The number of hydrogen-bond donors (Lipinski definition) is 0. The first kappa shape index (κ1) is 18.7. The van der Waals surface area contributed by atoms with Crippen LogP contribution in [0.15, 0.2) is 54.9 Å². The van der Waals surface area contributed by atoms with Gasteiger partial charge in [0.05, 0.1) is 44.0 Å². The van der Waals surface area contributed by atoms with Crippen LogP contribution in [0.4, 0.5) is 0 Å². The summed E-state index contributed by atoms with van der Waals surface area (Å²) >= 11 is 0. The molecule has 0 amide bonds. The molecule has 1 unspecified atom stereocenters. The topological polar surface area (TPSA) is 52.4 Å². The number of hydrogen-bond acceptors (Lipinski definition) is 5. The van der Waals surface area contributed by atoms with Crippen molar-refractivity contribution in [2.45, 2.75) is 39.3 Å². The van der Waals surface area contributed by atoms with Gasteiger partial charge in [-0.15, -0.1) is 0 Å². The average molecular weight is 378 g/mol. The summed E-state index contributed by atoms with van der Waals surface area (Å²) in [6.07, 6.45) is 3.73. The van der Waals surface area contributed by atoms with Gasteiger partial charge in [-0.1, -0.05) is 18.2 Å². The molecule has 1 aromatic carbocycles. The number of methoxy groups -OCH3 is 1. The summed E-state index contributed by atoms with van der Waals surface area (Å²) in [6.45, 7) is 6.07. The Kier molecular flexibility index (Phi) is 5.69. The summed E-state index contributed by atoms with van der Waals surface area (Å²) in [5, 5.41) is 0. The highest BCUT2D eigenvalue weighted by Crippen LogP contribution is 2.27. The lowest BCUT2D eigenvalue weighted by atomic mass is 10.1. The maximum Gasteiger partial charge on any atom is 0.126 e. The molecule has 1 atom stereocenters. The molecule has 4 rings (SSSR count). The molecule has 0 saturated heterocycles. The molecule has 6 nitrogen and oxygen atoms in total. The Morgan fingerprint density at radius 2 is 2.00 bits per heavy atom. The largest absolute Gasteiger partial charge is 0.497 e. The molecule has 6 heteroatoms. The SMILES string of the molecule is COc1cccc(CN2CCn3c(COCc4ccccn4)cnc3C2C)c1. The number of fused-ring (bicyclic) bond motifs is 1. The molecule has 3 heterocycles. The Bertz CT molecular complexity index is 910. The van der Waals surface area contributed by atoms with E-state index in [1.165, 1.54) is 5.56 Å². The van der Waals surface area contributed by atoms with Crippen LogP contribution in [0.2, 0.25) is 0 Å². The van der Waals surface area contributed by atoms with Gasteiger partial charge in [0.25, 0.3) is 0 Å². The van der Waals surface area contributed by atoms with Crippen molar-refractivity contribution < 1.29 is 9.47 Å². The summed E-state index contributed by atoms with van der Waals surface area (Å²) in [5.74, 6) is 2.00. The van der Waals surface area contributed by atoms with Gasteiger partial charge in [-0.3, -0.25) is 9.88 Å². The van der Waals surface area contributed by atoms with Crippen molar-refractivity contribution in [3.63, 3.8) is 0 Å². The third kappa shape index (κ3) is 4.08. The lowest BCUT2D eigenvalue weighted by molar-refractivity contribution is 0.0948. The third-order valence-corrected chi connectivity index (χ3v) is 5.25. The van der Waals surface area contributed by atoms with Crippen molar-refractivity contribution in [1.82, 2.24) is 19.4 Å². The molecule has 0 bridgehead atoms. The molecule has 0 radical (unpaired) electrons. The average Bonchev–Trinajstić information content (AvgIpc) is 3.15. The van der Waals surface area contributed by atoms with E-state index in [9.17, 15) is 0 Å². The smallest absolute Gasteiger partial charge is 0.126 e.